The number of benzene rings is 2. The first-order valence-electron chi connectivity index (χ1n) is 8.56. The fourth-order valence-corrected chi connectivity index (χ4v) is 3.99. The molecule has 0 atom stereocenters. The molecule has 0 N–H and O–H groups in total. The molecule has 1 saturated heterocycles. The standard InChI is InChI=1S/C20H14F3NO5S2/c1-28-15-7-11(5-6-14(15)29-10-17(25)26)8-16-18(27)24(19(30)31-16)13-4-2-3-12(9-13)20(21,22)23/h2-9H,10H2,1H3,(H,25,26)/p-1/b16-8+. The van der Waals surface area contributed by atoms with Gasteiger partial charge in [-0.2, -0.15) is 13.2 Å². The number of methoxy groups -OCH3 is 1. The fraction of sp³-hybridized carbons (Fsp3) is 0.150. The Hall–Kier alpha value is -3.05. The average molecular weight is 468 g/mol. The minimum absolute atomic E-state index is 0.0179. The van der Waals surface area contributed by atoms with Crippen LogP contribution in [-0.4, -0.2) is 29.9 Å². The van der Waals surface area contributed by atoms with E-state index in [1.807, 2.05) is 0 Å². The third-order valence-corrected chi connectivity index (χ3v) is 5.36. The van der Waals surface area contributed by atoms with Crippen molar-refractivity contribution in [3.63, 3.8) is 0 Å². The van der Waals surface area contributed by atoms with Gasteiger partial charge >= 0.3 is 6.18 Å². The molecule has 1 aliphatic heterocycles. The lowest BCUT2D eigenvalue weighted by Crippen LogP contribution is -2.29. The van der Waals surface area contributed by atoms with E-state index in [0.717, 1.165) is 28.8 Å². The van der Waals surface area contributed by atoms with Gasteiger partial charge in [0.1, 0.15) is 6.61 Å². The highest BCUT2D eigenvalue weighted by atomic mass is 32.2. The quantitative estimate of drug-likeness (QED) is 0.476. The minimum Gasteiger partial charge on any atom is -0.546 e. The third-order valence-electron chi connectivity index (χ3n) is 4.06. The maximum absolute atomic E-state index is 13.0. The highest BCUT2D eigenvalue weighted by Crippen LogP contribution is 2.39. The van der Waals surface area contributed by atoms with Crippen molar-refractivity contribution in [1.82, 2.24) is 0 Å². The zero-order valence-corrected chi connectivity index (χ0v) is 17.4. The van der Waals surface area contributed by atoms with Gasteiger partial charge in [0.05, 0.1) is 29.2 Å². The number of carboxylic acid groups (broad SMARTS) is 1. The molecule has 0 saturated carbocycles. The van der Waals surface area contributed by atoms with E-state index in [4.69, 9.17) is 21.7 Å². The van der Waals surface area contributed by atoms with Crippen molar-refractivity contribution in [3.05, 3.63) is 58.5 Å². The Bertz CT molecular complexity index is 1080. The molecule has 1 fully saturated rings. The number of amides is 1. The molecule has 2 aromatic rings. The molecule has 3 rings (SSSR count). The van der Waals surface area contributed by atoms with Gasteiger partial charge in [-0.25, -0.2) is 0 Å². The number of hydrogen-bond acceptors (Lipinski definition) is 7. The maximum atomic E-state index is 13.0. The molecular formula is C20H13F3NO5S2-. The topological polar surface area (TPSA) is 78.9 Å². The fourth-order valence-electron chi connectivity index (χ4n) is 2.69. The number of carbonyl (C=O) groups excluding carboxylic acids is 2. The Kier molecular flexibility index (Phi) is 6.56. The molecule has 1 aliphatic rings. The SMILES string of the molecule is COc1cc(/C=C2/SC(=S)N(c3cccc(C(F)(F)F)c3)C2=O)ccc1OCC(=O)[O-]. The second-order valence-corrected chi connectivity index (χ2v) is 7.81. The Labute approximate surface area is 184 Å². The maximum Gasteiger partial charge on any atom is 0.416 e. The van der Waals surface area contributed by atoms with Crippen molar-refractivity contribution in [3.8, 4) is 11.5 Å². The number of halogens is 3. The summed E-state index contributed by atoms with van der Waals surface area (Å²) in [7, 11) is 1.36. The molecule has 0 aliphatic carbocycles. The molecule has 0 aromatic heterocycles. The van der Waals surface area contributed by atoms with Gasteiger partial charge in [0.25, 0.3) is 5.91 Å². The highest BCUT2D eigenvalue weighted by Gasteiger charge is 2.36. The van der Waals surface area contributed by atoms with Gasteiger partial charge in [0.15, 0.2) is 15.8 Å². The predicted molar refractivity (Wildman–Crippen MR) is 111 cm³/mol. The van der Waals surface area contributed by atoms with Gasteiger partial charge in [-0.3, -0.25) is 9.69 Å². The Balaban J connectivity index is 1.88. The van der Waals surface area contributed by atoms with Crippen LogP contribution in [0.5, 0.6) is 11.5 Å². The van der Waals surface area contributed by atoms with Crippen molar-refractivity contribution < 1.29 is 37.3 Å². The second kappa shape index (κ2) is 8.98. The summed E-state index contributed by atoms with van der Waals surface area (Å²) in [5.74, 6) is -1.57. The van der Waals surface area contributed by atoms with Crippen molar-refractivity contribution in [2.45, 2.75) is 6.18 Å². The number of carbonyl (C=O) groups is 2. The molecule has 1 amide bonds. The first kappa shape index (κ1) is 22.6. The van der Waals surface area contributed by atoms with Crippen LogP contribution in [0.4, 0.5) is 18.9 Å². The lowest BCUT2D eigenvalue weighted by molar-refractivity contribution is -0.307. The third kappa shape index (κ3) is 5.17. The molecule has 2 aromatic carbocycles. The average Bonchev–Trinajstić information content (AvgIpc) is 2.99. The number of rotatable bonds is 6. The van der Waals surface area contributed by atoms with Gasteiger partial charge in [-0.1, -0.05) is 36.1 Å². The molecule has 0 radical (unpaired) electrons. The molecule has 0 bridgehead atoms. The van der Waals surface area contributed by atoms with E-state index in [1.54, 1.807) is 6.07 Å². The van der Waals surface area contributed by atoms with Crippen LogP contribution in [0.15, 0.2) is 47.4 Å². The van der Waals surface area contributed by atoms with Crippen molar-refractivity contribution in [2.24, 2.45) is 0 Å². The number of ether oxygens (including phenoxy) is 2. The molecule has 11 heteroatoms. The van der Waals surface area contributed by atoms with Gasteiger partial charge in [-0.15, -0.1) is 0 Å². The number of aliphatic carboxylic acids is 1. The van der Waals surface area contributed by atoms with Gasteiger partial charge in [0, 0.05) is 0 Å². The first-order chi connectivity index (χ1) is 14.6. The normalized spacial score (nSPS) is 15.5. The van der Waals surface area contributed by atoms with Crippen LogP contribution < -0.4 is 19.5 Å². The van der Waals surface area contributed by atoms with E-state index in [0.29, 0.717) is 5.56 Å². The van der Waals surface area contributed by atoms with Gasteiger partial charge in [0.2, 0.25) is 0 Å². The summed E-state index contributed by atoms with van der Waals surface area (Å²) < 4.78 is 49.3. The highest BCUT2D eigenvalue weighted by molar-refractivity contribution is 8.27. The van der Waals surface area contributed by atoms with E-state index in [-0.39, 0.29) is 26.4 Å². The van der Waals surface area contributed by atoms with Crippen LogP contribution in [0.2, 0.25) is 0 Å². The van der Waals surface area contributed by atoms with E-state index >= 15 is 0 Å². The van der Waals surface area contributed by atoms with Gasteiger partial charge < -0.3 is 19.4 Å². The van der Waals surface area contributed by atoms with Crippen LogP contribution in [0, 0.1) is 0 Å². The van der Waals surface area contributed by atoms with E-state index in [2.05, 4.69) is 0 Å². The number of carboxylic acids is 1. The van der Waals surface area contributed by atoms with Crippen LogP contribution >= 0.6 is 24.0 Å². The minimum atomic E-state index is -4.55. The molecule has 1 heterocycles. The lowest BCUT2D eigenvalue weighted by Gasteiger charge is -2.16. The summed E-state index contributed by atoms with van der Waals surface area (Å²) >= 11 is 6.14. The number of anilines is 1. The molecular weight excluding hydrogens is 455 g/mol. The number of hydrogen-bond donors (Lipinski definition) is 0. The predicted octanol–water partition coefficient (Wildman–Crippen LogP) is 3.25. The van der Waals surface area contributed by atoms with E-state index in [9.17, 15) is 27.9 Å². The number of thioether (sulfide) groups is 1. The smallest absolute Gasteiger partial charge is 0.416 e. The number of thiocarbonyl (C=S) groups is 1. The summed E-state index contributed by atoms with van der Waals surface area (Å²) in [4.78, 5) is 24.6. The summed E-state index contributed by atoms with van der Waals surface area (Å²) in [6, 6.07) is 8.88. The summed E-state index contributed by atoms with van der Waals surface area (Å²) in [6.07, 6.45) is -3.05. The Morgan fingerprint density at radius 1 is 1.23 bits per heavy atom. The first-order valence-corrected chi connectivity index (χ1v) is 9.78. The molecule has 31 heavy (non-hydrogen) atoms. The number of alkyl halides is 3. The van der Waals surface area contributed by atoms with Crippen LogP contribution in [-0.2, 0) is 15.8 Å². The van der Waals surface area contributed by atoms with E-state index in [1.165, 1.54) is 37.5 Å². The van der Waals surface area contributed by atoms with Crippen LogP contribution in [0.25, 0.3) is 6.08 Å². The van der Waals surface area contributed by atoms with Crippen LogP contribution in [0.3, 0.4) is 0 Å². The summed E-state index contributed by atoms with van der Waals surface area (Å²) in [5, 5.41) is 10.6. The second-order valence-electron chi connectivity index (χ2n) is 6.14. The molecule has 6 nitrogen and oxygen atoms in total. The zero-order valence-electron chi connectivity index (χ0n) is 15.8. The van der Waals surface area contributed by atoms with Crippen molar-refractivity contribution >= 4 is 51.9 Å². The summed E-state index contributed by atoms with van der Waals surface area (Å²) in [5.41, 5.74) is -0.355. The van der Waals surface area contributed by atoms with Crippen molar-refractivity contribution in [1.29, 1.82) is 0 Å². The number of nitrogens with zero attached hydrogens (tertiary/aromatic N) is 1. The van der Waals surface area contributed by atoms with E-state index < -0.39 is 30.2 Å². The monoisotopic (exact) mass is 468 g/mol. The molecule has 0 spiro atoms. The van der Waals surface area contributed by atoms with Crippen LogP contribution in [0.1, 0.15) is 11.1 Å². The lowest BCUT2D eigenvalue weighted by atomic mass is 10.1. The zero-order chi connectivity index (χ0) is 22.8. The molecule has 0 unspecified atom stereocenters. The van der Waals surface area contributed by atoms with Gasteiger partial charge in [-0.05, 0) is 42.0 Å². The molecule has 162 valence electrons. The van der Waals surface area contributed by atoms with Crippen molar-refractivity contribution in [2.75, 3.05) is 18.6 Å². The Morgan fingerprint density at radius 3 is 2.61 bits per heavy atom. The Morgan fingerprint density at radius 2 is 1.97 bits per heavy atom. The largest absolute Gasteiger partial charge is 0.546 e. The summed E-state index contributed by atoms with van der Waals surface area (Å²) in [6.45, 7) is -0.661.